The summed E-state index contributed by atoms with van der Waals surface area (Å²) in [6, 6.07) is 6.31. The van der Waals surface area contributed by atoms with Gasteiger partial charge in [-0.2, -0.15) is 0 Å². The molecule has 0 aliphatic carbocycles. The Morgan fingerprint density at radius 1 is 1.22 bits per heavy atom. The number of nitrogens with one attached hydrogen (secondary N) is 2. The Morgan fingerprint density at radius 3 is 2.56 bits per heavy atom. The van der Waals surface area contributed by atoms with Crippen LogP contribution in [0.15, 0.2) is 18.2 Å². The number of fused-ring (bicyclic) bond motifs is 2. The van der Waals surface area contributed by atoms with Crippen molar-refractivity contribution in [2.45, 2.75) is 64.1 Å². The summed E-state index contributed by atoms with van der Waals surface area (Å²) in [4.78, 5) is 26.0. The van der Waals surface area contributed by atoms with Crippen molar-refractivity contribution in [3.05, 3.63) is 23.8 Å². The van der Waals surface area contributed by atoms with E-state index in [2.05, 4.69) is 15.5 Å². The van der Waals surface area contributed by atoms with Crippen molar-refractivity contribution in [2.24, 2.45) is 0 Å². The van der Waals surface area contributed by atoms with E-state index in [0.29, 0.717) is 30.2 Å². The van der Waals surface area contributed by atoms with Crippen LogP contribution in [0, 0.1) is 6.92 Å². The SMILES string of the molecule is COc1ccc(C)cc1NC(=O)OC1CC2CCCC(C1)N2CNC(C)=O. The summed E-state index contributed by atoms with van der Waals surface area (Å²) in [5, 5.41) is 5.71. The molecular formula is C20H29N3O4. The van der Waals surface area contributed by atoms with E-state index in [4.69, 9.17) is 9.47 Å². The first kappa shape index (κ1) is 19.5. The second-order valence-corrected chi connectivity index (χ2v) is 7.47. The van der Waals surface area contributed by atoms with Gasteiger partial charge in [0.05, 0.1) is 19.5 Å². The van der Waals surface area contributed by atoms with Gasteiger partial charge in [-0.15, -0.1) is 0 Å². The van der Waals surface area contributed by atoms with E-state index in [0.717, 1.165) is 31.2 Å². The molecule has 0 aromatic heterocycles. The molecule has 2 saturated heterocycles. The number of anilines is 1. The van der Waals surface area contributed by atoms with Crippen molar-refractivity contribution in [2.75, 3.05) is 19.1 Å². The third kappa shape index (κ3) is 4.91. The van der Waals surface area contributed by atoms with E-state index in [1.54, 1.807) is 7.11 Å². The first-order valence-electron chi connectivity index (χ1n) is 9.58. The van der Waals surface area contributed by atoms with Crippen LogP contribution in [0.5, 0.6) is 5.75 Å². The minimum atomic E-state index is -0.447. The molecule has 3 rings (SSSR count). The van der Waals surface area contributed by atoms with E-state index in [1.807, 2.05) is 25.1 Å². The van der Waals surface area contributed by atoms with Crippen molar-refractivity contribution in [1.82, 2.24) is 10.2 Å². The summed E-state index contributed by atoms with van der Waals surface area (Å²) >= 11 is 0. The van der Waals surface area contributed by atoms with E-state index >= 15 is 0 Å². The minimum Gasteiger partial charge on any atom is -0.495 e. The molecule has 1 aromatic rings. The quantitative estimate of drug-likeness (QED) is 0.827. The van der Waals surface area contributed by atoms with Crippen molar-refractivity contribution in [3.63, 3.8) is 0 Å². The molecule has 2 aliphatic heterocycles. The van der Waals surface area contributed by atoms with Gasteiger partial charge in [-0.1, -0.05) is 12.5 Å². The van der Waals surface area contributed by atoms with Crippen molar-refractivity contribution >= 4 is 17.7 Å². The lowest BCUT2D eigenvalue weighted by atomic mass is 9.83. The zero-order valence-electron chi connectivity index (χ0n) is 16.3. The van der Waals surface area contributed by atoms with Crippen LogP contribution in [-0.4, -0.2) is 48.9 Å². The Labute approximate surface area is 160 Å². The van der Waals surface area contributed by atoms with Gasteiger partial charge in [0.2, 0.25) is 5.91 Å². The molecule has 2 unspecified atom stereocenters. The molecule has 0 saturated carbocycles. The predicted octanol–water partition coefficient (Wildman–Crippen LogP) is 3.03. The summed E-state index contributed by atoms with van der Waals surface area (Å²) in [6.45, 7) is 4.07. The number of methoxy groups -OCH3 is 1. The van der Waals surface area contributed by atoms with Gasteiger partial charge < -0.3 is 14.8 Å². The van der Waals surface area contributed by atoms with Gasteiger partial charge in [0.25, 0.3) is 0 Å². The van der Waals surface area contributed by atoms with Gasteiger partial charge in [0, 0.05) is 31.8 Å². The number of hydrogen-bond acceptors (Lipinski definition) is 5. The molecular weight excluding hydrogens is 346 g/mol. The lowest BCUT2D eigenvalue weighted by molar-refractivity contribution is -0.120. The van der Waals surface area contributed by atoms with Crippen LogP contribution in [-0.2, 0) is 9.53 Å². The van der Waals surface area contributed by atoms with E-state index in [9.17, 15) is 9.59 Å². The van der Waals surface area contributed by atoms with Crippen LogP contribution in [0.25, 0.3) is 0 Å². The lowest BCUT2D eigenvalue weighted by Crippen LogP contribution is -2.57. The summed E-state index contributed by atoms with van der Waals surface area (Å²) in [6.07, 6.45) is 4.38. The Hall–Kier alpha value is -2.28. The van der Waals surface area contributed by atoms with Crippen LogP contribution < -0.4 is 15.4 Å². The number of nitrogens with zero attached hydrogens (tertiary/aromatic N) is 1. The summed E-state index contributed by atoms with van der Waals surface area (Å²) < 4.78 is 11.0. The zero-order chi connectivity index (χ0) is 19.4. The largest absolute Gasteiger partial charge is 0.495 e. The normalized spacial score (nSPS) is 24.8. The smallest absolute Gasteiger partial charge is 0.412 e. The molecule has 0 spiro atoms. The van der Waals surface area contributed by atoms with Crippen molar-refractivity contribution < 1.29 is 19.1 Å². The molecule has 7 heteroatoms. The fraction of sp³-hybridized carbons (Fsp3) is 0.600. The number of benzene rings is 1. The predicted molar refractivity (Wildman–Crippen MR) is 103 cm³/mol. The molecule has 2 N–H and O–H groups in total. The molecule has 2 heterocycles. The van der Waals surface area contributed by atoms with Crippen molar-refractivity contribution in [3.8, 4) is 5.75 Å². The van der Waals surface area contributed by atoms with Gasteiger partial charge in [-0.25, -0.2) is 4.79 Å². The minimum absolute atomic E-state index is 0.0158. The number of hydrogen-bond donors (Lipinski definition) is 2. The lowest BCUT2D eigenvalue weighted by Gasteiger charge is -2.48. The monoisotopic (exact) mass is 375 g/mol. The number of carbonyl (C=O) groups excluding carboxylic acids is 2. The number of rotatable bonds is 5. The topological polar surface area (TPSA) is 79.9 Å². The Balaban J connectivity index is 1.58. The Bertz CT molecular complexity index is 680. The number of amides is 2. The van der Waals surface area contributed by atoms with Crippen LogP contribution in [0.1, 0.15) is 44.6 Å². The van der Waals surface area contributed by atoms with Crippen LogP contribution in [0.4, 0.5) is 10.5 Å². The van der Waals surface area contributed by atoms with Crippen molar-refractivity contribution in [1.29, 1.82) is 0 Å². The summed E-state index contributed by atoms with van der Waals surface area (Å²) in [5.41, 5.74) is 1.65. The first-order chi connectivity index (χ1) is 13.0. The highest BCUT2D eigenvalue weighted by Gasteiger charge is 2.39. The summed E-state index contributed by atoms with van der Waals surface area (Å²) in [7, 11) is 1.58. The standard InChI is InChI=1S/C20H29N3O4/c1-13-7-8-19(26-3)18(9-13)22-20(25)27-17-10-15-5-4-6-16(11-17)23(15)12-21-14(2)24/h7-9,15-17H,4-6,10-12H2,1-3H3,(H,21,24)(H,22,25). The highest BCUT2D eigenvalue weighted by Crippen LogP contribution is 2.35. The van der Waals surface area contributed by atoms with Crippen LogP contribution in [0.3, 0.4) is 0 Å². The van der Waals surface area contributed by atoms with Gasteiger partial charge in [0.1, 0.15) is 11.9 Å². The first-order valence-corrected chi connectivity index (χ1v) is 9.58. The molecule has 148 valence electrons. The highest BCUT2D eigenvalue weighted by molar-refractivity contribution is 5.87. The average Bonchev–Trinajstić information content (AvgIpc) is 2.59. The number of ether oxygens (including phenoxy) is 2. The second-order valence-electron chi connectivity index (χ2n) is 7.47. The maximum atomic E-state index is 12.4. The number of carbonyl (C=O) groups is 2. The molecule has 0 radical (unpaired) electrons. The highest BCUT2D eigenvalue weighted by atomic mass is 16.6. The fourth-order valence-electron chi connectivity index (χ4n) is 4.20. The zero-order valence-corrected chi connectivity index (χ0v) is 16.3. The number of piperidine rings is 2. The van der Waals surface area contributed by atoms with E-state index in [-0.39, 0.29) is 12.0 Å². The van der Waals surface area contributed by atoms with Gasteiger partial charge in [-0.05, 0) is 37.5 Å². The van der Waals surface area contributed by atoms with E-state index in [1.165, 1.54) is 13.3 Å². The Kier molecular flexibility index (Phi) is 6.21. The van der Waals surface area contributed by atoms with Gasteiger partial charge in [0.15, 0.2) is 0 Å². The third-order valence-corrected chi connectivity index (χ3v) is 5.46. The molecule has 2 fully saturated rings. The van der Waals surface area contributed by atoms with Crippen LogP contribution in [0.2, 0.25) is 0 Å². The molecule has 2 aliphatic rings. The molecule has 7 nitrogen and oxygen atoms in total. The van der Waals surface area contributed by atoms with Crippen LogP contribution >= 0.6 is 0 Å². The molecule has 2 atom stereocenters. The summed E-state index contributed by atoms with van der Waals surface area (Å²) in [5.74, 6) is 0.595. The molecule has 2 bridgehead atoms. The molecule has 1 aromatic carbocycles. The maximum absolute atomic E-state index is 12.4. The number of aryl methyl sites for hydroxylation is 1. The van der Waals surface area contributed by atoms with Gasteiger partial charge in [-0.3, -0.25) is 15.0 Å². The fourth-order valence-corrected chi connectivity index (χ4v) is 4.20. The second kappa shape index (κ2) is 8.61. The maximum Gasteiger partial charge on any atom is 0.412 e. The average molecular weight is 375 g/mol. The van der Waals surface area contributed by atoms with E-state index < -0.39 is 6.09 Å². The van der Waals surface area contributed by atoms with Gasteiger partial charge >= 0.3 is 6.09 Å². The Morgan fingerprint density at radius 2 is 1.93 bits per heavy atom. The third-order valence-electron chi connectivity index (χ3n) is 5.46. The molecule has 2 amide bonds. The molecule has 27 heavy (non-hydrogen) atoms.